The fourth-order valence-corrected chi connectivity index (χ4v) is 9.00. The molecule has 2 saturated heterocycles. The molecule has 5 N–H and O–H groups in total. The first-order valence-electron chi connectivity index (χ1n) is 19.8. The van der Waals surface area contributed by atoms with Gasteiger partial charge in [0.25, 0.3) is 0 Å². The summed E-state index contributed by atoms with van der Waals surface area (Å²) in [6, 6.07) is 14.2. The Balaban J connectivity index is 0.945. The summed E-state index contributed by atoms with van der Waals surface area (Å²) >= 11 is 0. The number of aliphatic hydroxyl groups excluding tert-OH is 1. The van der Waals surface area contributed by atoms with E-state index in [2.05, 4.69) is 20.6 Å². The van der Waals surface area contributed by atoms with E-state index in [9.17, 15) is 19.5 Å². The highest BCUT2D eigenvalue weighted by atomic mass is 19.1. The van der Waals surface area contributed by atoms with Crippen LogP contribution < -0.4 is 10.6 Å². The quantitative estimate of drug-likeness (QED) is 0.113. The molecule has 0 spiro atoms. The first-order valence-corrected chi connectivity index (χ1v) is 19.8. The van der Waals surface area contributed by atoms with Gasteiger partial charge in [0.1, 0.15) is 29.6 Å². The minimum Gasteiger partial charge on any atom is -0.453 e. The van der Waals surface area contributed by atoms with Crippen LogP contribution in [-0.2, 0) is 14.3 Å². The van der Waals surface area contributed by atoms with E-state index in [1.54, 1.807) is 6.20 Å². The predicted molar refractivity (Wildman–Crippen MR) is 209 cm³/mol. The number of methoxy groups -OCH3 is 2. The number of amides is 3. The Labute approximate surface area is 330 Å². The van der Waals surface area contributed by atoms with Crippen molar-refractivity contribution in [2.45, 2.75) is 95.9 Å². The number of imidazole rings is 2. The number of rotatable bonds is 12. The molecule has 3 amide bonds. The number of hydrogen-bond donors (Lipinski definition) is 5. The SMILES string of the molecule is COC(=O)N[C@@H](C(C)C)C(O)N1C2CC2C[C@H]1c1nc(-c2ccc(-c3ccc(-c4cnc([C@@H]5CC6C[C@H]6N5C(=O)[C@@H](NC(=O)OC)C(C)C)[nH]4)cc3)cc2)c(F)[nH]1. The van der Waals surface area contributed by atoms with E-state index in [-0.39, 0.29) is 47.6 Å². The number of carbonyl (C=O) groups excluding carboxylic acids is 3. The first-order chi connectivity index (χ1) is 27.4. The van der Waals surface area contributed by atoms with Crippen LogP contribution >= 0.6 is 0 Å². The third-order valence-electron chi connectivity index (χ3n) is 12.3. The molecule has 15 heteroatoms. The lowest BCUT2D eigenvalue weighted by molar-refractivity contribution is -0.136. The average molecular weight is 783 g/mol. The highest BCUT2D eigenvalue weighted by Gasteiger charge is 2.57. The molecule has 4 aliphatic rings. The van der Waals surface area contributed by atoms with E-state index in [0.717, 1.165) is 53.9 Å². The Morgan fingerprint density at radius 1 is 0.772 bits per heavy atom. The van der Waals surface area contributed by atoms with Crippen molar-refractivity contribution in [2.24, 2.45) is 23.7 Å². The third-order valence-corrected chi connectivity index (χ3v) is 12.3. The number of piperidine rings is 2. The molecule has 4 fully saturated rings. The van der Waals surface area contributed by atoms with Gasteiger partial charge in [-0.25, -0.2) is 19.6 Å². The smallest absolute Gasteiger partial charge is 0.407 e. The summed E-state index contributed by atoms with van der Waals surface area (Å²) in [7, 11) is 2.58. The van der Waals surface area contributed by atoms with Crippen molar-refractivity contribution in [3.05, 3.63) is 72.3 Å². The standard InChI is InChI=1S/C42H51FN8O6/c1-20(2)33(47-41(54)56-5)39(52)50-29-15-26(29)17-31(50)37-44-19-28(45-37)24-11-7-22(8-12-24)23-9-13-25(14-10-23)35-36(43)49-38(46-35)32-18-27-16-30(27)51(32)40(53)34(21(3)4)48-42(55)57-6/h7-14,19-21,26-27,29-34,40,53H,15-18H2,1-6H3,(H,44,45)(H,46,49)(H,47,54)(H,48,55)/t26?,27?,29-,30?,31+,32+,33+,34+,40?/m1/s1. The van der Waals surface area contributed by atoms with Crippen LogP contribution in [0.1, 0.15) is 77.1 Å². The molecule has 9 atom stereocenters. The summed E-state index contributed by atoms with van der Waals surface area (Å²) in [6.45, 7) is 7.66. The zero-order valence-corrected chi connectivity index (χ0v) is 33.0. The maximum atomic E-state index is 15.5. The molecule has 2 aromatic carbocycles. The van der Waals surface area contributed by atoms with E-state index >= 15 is 4.39 Å². The second-order valence-electron chi connectivity index (χ2n) is 16.6. The van der Waals surface area contributed by atoms with Crippen molar-refractivity contribution in [3.8, 4) is 33.6 Å². The fraction of sp³-hybridized carbons (Fsp3) is 0.500. The number of fused-ring (bicyclic) bond motifs is 2. The Morgan fingerprint density at radius 2 is 1.35 bits per heavy atom. The lowest BCUT2D eigenvalue weighted by Crippen LogP contribution is -2.55. The summed E-state index contributed by atoms with van der Waals surface area (Å²) in [6.07, 6.45) is 3.02. The van der Waals surface area contributed by atoms with Crippen molar-refractivity contribution in [2.75, 3.05) is 14.2 Å². The third kappa shape index (κ3) is 7.38. The van der Waals surface area contributed by atoms with Crippen molar-refractivity contribution >= 4 is 18.1 Å². The molecule has 0 radical (unpaired) electrons. The maximum absolute atomic E-state index is 15.5. The zero-order chi connectivity index (χ0) is 40.3. The number of aliphatic hydroxyl groups is 1. The molecule has 302 valence electrons. The minimum absolute atomic E-state index is 0.0746. The molecule has 2 aliphatic heterocycles. The van der Waals surface area contributed by atoms with E-state index in [4.69, 9.17) is 19.4 Å². The van der Waals surface area contributed by atoms with Crippen LogP contribution in [0.25, 0.3) is 33.6 Å². The molecule has 57 heavy (non-hydrogen) atoms. The maximum Gasteiger partial charge on any atom is 0.407 e. The number of alkyl carbamates (subject to hydrolysis) is 2. The van der Waals surface area contributed by atoms with Crippen molar-refractivity contribution in [3.63, 3.8) is 0 Å². The Morgan fingerprint density at radius 3 is 1.98 bits per heavy atom. The number of aromatic nitrogens is 4. The van der Waals surface area contributed by atoms with Crippen LogP contribution in [0.3, 0.4) is 0 Å². The number of nitrogens with one attached hydrogen (secondary N) is 4. The number of carbonyl (C=O) groups is 3. The number of hydrogen-bond acceptors (Lipinski definition) is 9. The summed E-state index contributed by atoms with van der Waals surface area (Å²) in [5, 5.41) is 17.0. The predicted octanol–water partition coefficient (Wildman–Crippen LogP) is 6.15. The van der Waals surface area contributed by atoms with Gasteiger partial charge in [0.15, 0.2) is 0 Å². The number of aromatic amines is 2. The van der Waals surface area contributed by atoms with Crippen molar-refractivity contribution in [1.29, 1.82) is 0 Å². The first kappa shape index (κ1) is 38.6. The van der Waals surface area contributed by atoms with Gasteiger partial charge in [-0.1, -0.05) is 76.2 Å². The molecule has 2 saturated carbocycles. The van der Waals surface area contributed by atoms with Crippen LogP contribution in [0.5, 0.6) is 0 Å². The molecule has 4 aromatic rings. The fourth-order valence-electron chi connectivity index (χ4n) is 9.00. The number of H-pyrrole nitrogens is 2. The molecular formula is C42H51FN8O6. The lowest BCUT2D eigenvalue weighted by atomic mass is 10.0. The van der Waals surface area contributed by atoms with Gasteiger partial charge >= 0.3 is 12.2 Å². The van der Waals surface area contributed by atoms with Gasteiger partial charge in [-0.05, 0) is 66.0 Å². The van der Waals surface area contributed by atoms with Gasteiger partial charge in [-0.2, -0.15) is 4.39 Å². The van der Waals surface area contributed by atoms with E-state index in [0.29, 0.717) is 23.2 Å². The molecular weight excluding hydrogens is 732 g/mol. The van der Waals surface area contributed by atoms with E-state index in [1.165, 1.54) is 14.2 Å². The van der Waals surface area contributed by atoms with Gasteiger partial charge < -0.3 is 40.1 Å². The summed E-state index contributed by atoms with van der Waals surface area (Å²) < 4.78 is 25.1. The van der Waals surface area contributed by atoms with Crippen molar-refractivity contribution < 1.29 is 33.4 Å². The Hall–Kier alpha value is -5.28. The van der Waals surface area contributed by atoms with E-state index < -0.39 is 36.4 Å². The lowest BCUT2D eigenvalue weighted by Gasteiger charge is -2.37. The van der Waals surface area contributed by atoms with Crippen LogP contribution in [-0.4, -0.2) is 97.6 Å². The molecule has 8 rings (SSSR count). The van der Waals surface area contributed by atoms with Gasteiger partial charge in [-0.3, -0.25) is 9.69 Å². The Kier molecular flexibility index (Phi) is 10.3. The highest BCUT2D eigenvalue weighted by molar-refractivity contribution is 5.87. The van der Waals surface area contributed by atoms with Crippen LogP contribution in [0.4, 0.5) is 14.0 Å². The second kappa shape index (κ2) is 15.2. The number of ether oxygens (including phenoxy) is 2. The van der Waals surface area contributed by atoms with Gasteiger partial charge in [-0.15, -0.1) is 0 Å². The summed E-state index contributed by atoms with van der Waals surface area (Å²) in [4.78, 5) is 57.5. The minimum atomic E-state index is -0.996. The monoisotopic (exact) mass is 782 g/mol. The molecule has 2 aliphatic carbocycles. The molecule has 0 bridgehead atoms. The highest BCUT2D eigenvalue weighted by Crippen LogP contribution is 2.55. The largest absolute Gasteiger partial charge is 0.453 e. The summed E-state index contributed by atoms with van der Waals surface area (Å²) in [5.74, 6) is 1.15. The normalized spacial score (nSPS) is 25.1. The topological polar surface area (TPSA) is 178 Å². The number of benzene rings is 2. The van der Waals surface area contributed by atoms with Crippen LogP contribution in [0.2, 0.25) is 0 Å². The number of nitrogens with zero attached hydrogens (tertiary/aromatic N) is 4. The number of likely N-dealkylation sites (tertiary alicyclic amines) is 2. The Bertz CT molecular complexity index is 2120. The summed E-state index contributed by atoms with van der Waals surface area (Å²) in [5.41, 5.74) is 4.55. The second-order valence-corrected chi connectivity index (χ2v) is 16.6. The zero-order valence-electron chi connectivity index (χ0n) is 33.0. The van der Waals surface area contributed by atoms with Gasteiger partial charge in [0, 0.05) is 17.6 Å². The van der Waals surface area contributed by atoms with Crippen LogP contribution in [0.15, 0.2) is 54.7 Å². The van der Waals surface area contributed by atoms with Gasteiger partial charge in [0.05, 0.1) is 44.2 Å². The molecule has 14 nitrogen and oxygen atoms in total. The van der Waals surface area contributed by atoms with Crippen LogP contribution in [0, 0.1) is 29.6 Å². The van der Waals surface area contributed by atoms with E-state index in [1.807, 2.05) is 86.0 Å². The number of halogens is 1. The molecule has 2 aromatic heterocycles. The molecule has 4 unspecified atom stereocenters. The van der Waals surface area contributed by atoms with Gasteiger partial charge in [0.2, 0.25) is 11.9 Å². The molecule has 4 heterocycles. The van der Waals surface area contributed by atoms with Crippen molar-refractivity contribution in [1.82, 2.24) is 40.4 Å². The average Bonchev–Trinajstić information content (AvgIpc) is 3.85.